The molecule has 1 amide bonds. The summed E-state index contributed by atoms with van der Waals surface area (Å²) < 4.78 is 25.2. The summed E-state index contributed by atoms with van der Waals surface area (Å²) in [5.74, 6) is 0.105. The number of carbonyl (C=O) groups is 1. The molecule has 5 nitrogen and oxygen atoms in total. The quantitative estimate of drug-likeness (QED) is 0.742. The van der Waals surface area contributed by atoms with Crippen molar-refractivity contribution in [2.24, 2.45) is 5.92 Å². The van der Waals surface area contributed by atoms with Crippen LogP contribution in [0.25, 0.3) is 0 Å². The number of hydrogen-bond donors (Lipinski definition) is 1. The second kappa shape index (κ2) is 8.57. The highest BCUT2D eigenvalue weighted by Gasteiger charge is 2.27. The maximum Gasteiger partial charge on any atom is 0.251 e. The molecule has 2 aromatic carbocycles. The van der Waals surface area contributed by atoms with Gasteiger partial charge in [-0.2, -0.15) is 0 Å². The SMILES string of the molecule is CCCc1ccc(C(NC(=O)c2ccc3c(c2)CCN3S(C)(=O)=O)C(C)C)cc1. The molecule has 0 bridgehead atoms. The highest BCUT2D eigenvalue weighted by molar-refractivity contribution is 7.92. The lowest BCUT2D eigenvalue weighted by molar-refractivity contribution is 0.0925. The summed E-state index contributed by atoms with van der Waals surface area (Å²) in [6.45, 7) is 6.78. The highest BCUT2D eigenvalue weighted by atomic mass is 32.2. The predicted molar refractivity (Wildman–Crippen MR) is 118 cm³/mol. The van der Waals surface area contributed by atoms with Crippen LogP contribution in [0.4, 0.5) is 5.69 Å². The zero-order valence-electron chi connectivity index (χ0n) is 17.6. The molecule has 1 aliphatic rings. The van der Waals surface area contributed by atoms with Crippen molar-refractivity contribution in [3.8, 4) is 0 Å². The first-order valence-corrected chi connectivity index (χ1v) is 12.1. The smallest absolute Gasteiger partial charge is 0.251 e. The molecule has 3 rings (SSSR count). The van der Waals surface area contributed by atoms with Crippen molar-refractivity contribution in [2.45, 2.75) is 46.1 Å². The zero-order chi connectivity index (χ0) is 21.2. The van der Waals surface area contributed by atoms with Crippen LogP contribution >= 0.6 is 0 Å². The molecule has 0 aromatic heterocycles. The van der Waals surface area contributed by atoms with E-state index in [9.17, 15) is 13.2 Å². The molecule has 0 saturated carbocycles. The lowest BCUT2D eigenvalue weighted by atomic mass is 9.94. The number of rotatable bonds is 7. The van der Waals surface area contributed by atoms with Gasteiger partial charge in [0.25, 0.3) is 5.91 Å². The summed E-state index contributed by atoms with van der Waals surface area (Å²) in [5, 5.41) is 3.16. The van der Waals surface area contributed by atoms with Crippen molar-refractivity contribution in [2.75, 3.05) is 17.1 Å². The number of benzene rings is 2. The van der Waals surface area contributed by atoms with E-state index in [4.69, 9.17) is 0 Å². The second-order valence-corrected chi connectivity index (χ2v) is 10.0. The first-order chi connectivity index (χ1) is 13.7. The van der Waals surface area contributed by atoms with Gasteiger partial charge in [0.15, 0.2) is 0 Å². The summed E-state index contributed by atoms with van der Waals surface area (Å²) in [7, 11) is -3.29. The minimum absolute atomic E-state index is 0.0843. The van der Waals surface area contributed by atoms with Gasteiger partial charge < -0.3 is 5.32 Å². The van der Waals surface area contributed by atoms with Crippen molar-refractivity contribution in [3.63, 3.8) is 0 Å². The van der Waals surface area contributed by atoms with E-state index in [2.05, 4.69) is 50.4 Å². The summed E-state index contributed by atoms with van der Waals surface area (Å²) >= 11 is 0. The van der Waals surface area contributed by atoms with E-state index in [1.54, 1.807) is 12.1 Å². The number of sulfonamides is 1. The van der Waals surface area contributed by atoms with E-state index in [1.165, 1.54) is 16.1 Å². The fraction of sp³-hybridized carbons (Fsp3) is 0.435. The highest BCUT2D eigenvalue weighted by Crippen LogP contribution is 2.31. The molecule has 0 fully saturated rings. The molecule has 156 valence electrons. The Labute approximate surface area is 174 Å². The van der Waals surface area contributed by atoms with Crippen LogP contribution in [0, 0.1) is 5.92 Å². The van der Waals surface area contributed by atoms with Gasteiger partial charge in [-0.3, -0.25) is 9.10 Å². The molecule has 2 aromatic rings. The maximum absolute atomic E-state index is 12.9. The fourth-order valence-corrected chi connectivity index (χ4v) is 4.86. The van der Waals surface area contributed by atoms with Crippen molar-refractivity contribution < 1.29 is 13.2 Å². The van der Waals surface area contributed by atoms with E-state index < -0.39 is 10.0 Å². The van der Waals surface area contributed by atoms with Crippen molar-refractivity contribution in [1.82, 2.24) is 5.32 Å². The number of anilines is 1. The average Bonchev–Trinajstić information content (AvgIpc) is 3.10. The third kappa shape index (κ3) is 4.81. The van der Waals surface area contributed by atoms with Gasteiger partial charge in [0.05, 0.1) is 18.0 Å². The fourth-order valence-electron chi connectivity index (χ4n) is 3.90. The molecule has 0 radical (unpaired) electrons. The molecular formula is C23H30N2O3S. The molecule has 1 N–H and O–H groups in total. The molecule has 1 heterocycles. The van der Waals surface area contributed by atoms with E-state index in [-0.39, 0.29) is 17.9 Å². The van der Waals surface area contributed by atoms with Crippen LogP contribution in [0.3, 0.4) is 0 Å². The van der Waals surface area contributed by atoms with Crippen LogP contribution < -0.4 is 9.62 Å². The van der Waals surface area contributed by atoms with Gasteiger partial charge in [0, 0.05) is 12.1 Å². The number of nitrogens with one attached hydrogen (secondary N) is 1. The van der Waals surface area contributed by atoms with Crippen molar-refractivity contribution in [1.29, 1.82) is 0 Å². The first kappa shape index (κ1) is 21.4. The Hall–Kier alpha value is -2.34. The lowest BCUT2D eigenvalue weighted by Gasteiger charge is -2.23. The van der Waals surface area contributed by atoms with Gasteiger partial charge >= 0.3 is 0 Å². The van der Waals surface area contributed by atoms with Gasteiger partial charge in [-0.1, -0.05) is 51.5 Å². The summed E-state index contributed by atoms with van der Waals surface area (Å²) in [6, 6.07) is 13.6. The van der Waals surface area contributed by atoms with Crippen molar-refractivity contribution >= 4 is 21.6 Å². The maximum atomic E-state index is 12.9. The Morgan fingerprint density at radius 3 is 2.41 bits per heavy atom. The van der Waals surface area contributed by atoms with Gasteiger partial charge in [0.1, 0.15) is 0 Å². The molecule has 29 heavy (non-hydrogen) atoms. The average molecular weight is 415 g/mol. The molecule has 1 aliphatic heterocycles. The Bertz CT molecular complexity index is 982. The normalized spacial score (nSPS) is 14.7. The van der Waals surface area contributed by atoms with Gasteiger partial charge in [-0.25, -0.2) is 8.42 Å². The summed E-state index contributed by atoms with van der Waals surface area (Å²) in [5.41, 5.74) is 4.54. The van der Waals surface area contributed by atoms with Gasteiger partial charge in [-0.05, 0) is 53.6 Å². The van der Waals surface area contributed by atoms with E-state index >= 15 is 0 Å². The molecule has 1 unspecified atom stereocenters. The van der Waals surface area contributed by atoms with Crippen LogP contribution in [-0.4, -0.2) is 27.1 Å². The number of carbonyl (C=O) groups excluding carboxylic acids is 1. The van der Waals surface area contributed by atoms with Crippen molar-refractivity contribution in [3.05, 3.63) is 64.7 Å². The Kier molecular flexibility index (Phi) is 6.32. The Morgan fingerprint density at radius 2 is 1.83 bits per heavy atom. The summed E-state index contributed by atoms with van der Waals surface area (Å²) in [4.78, 5) is 12.9. The minimum Gasteiger partial charge on any atom is -0.345 e. The number of hydrogen-bond acceptors (Lipinski definition) is 3. The Balaban J connectivity index is 1.79. The lowest BCUT2D eigenvalue weighted by Crippen LogP contribution is -2.31. The van der Waals surface area contributed by atoms with E-state index in [0.29, 0.717) is 24.2 Å². The molecule has 0 saturated heterocycles. The molecule has 0 spiro atoms. The monoisotopic (exact) mass is 414 g/mol. The largest absolute Gasteiger partial charge is 0.345 e. The van der Waals surface area contributed by atoms with Crippen LogP contribution in [0.5, 0.6) is 0 Å². The third-order valence-electron chi connectivity index (χ3n) is 5.43. The first-order valence-electron chi connectivity index (χ1n) is 10.2. The molecule has 1 atom stereocenters. The molecule has 0 aliphatic carbocycles. The molecular weight excluding hydrogens is 384 g/mol. The Morgan fingerprint density at radius 1 is 1.14 bits per heavy atom. The van der Waals surface area contributed by atoms with E-state index in [0.717, 1.165) is 24.0 Å². The van der Waals surface area contributed by atoms with E-state index in [1.807, 2.05) is 6.07 Å². The molecule has 6 heteroatoms. The zero-order valence-corrected chi connectivity index (χ0v) is 18.4. The minimum atomic E-state index is -3.29. The predicted octanol–water partition coefficient (Wildman–Crippen LogP) is 4.09. The van der Waals surface area contributed by atoms with Crippen LogP contribution in [0.2, 0.25) is 0 Å². The summed E-state index contributed by atoms with van der Waals surface area (Å²) in [6.07, 6.45) is 4.00. The van der Waals surface area contributed by atoms with Crippen LogP contribution in [0.15, 0.2) is 42.5 Å². The third-order valence-corrected chi connectivity index (χ3v) is 6.61. The standard InChI is InChI=1S/C23H30N2O3S/c1-5-6-17-7-9-18(10-8-17)22(16(2)3)24-23(26)20-11-12-21-19(15-20)13-14-25(21)29(4,27)28/h7-12,15-16,22H,5-6,13-14H2,1-4H3,(H,24,26). The van der Waals surface area contributed by atoms with Crippen LogP contribution in [-0.2, 0) is 22.9 Å². The number of fused-ring (bicyclic) bond motifs is 1. The topological polar surface area (TPSA) is 66.5 Å². The number of amides is 1. The van der Waals surface area contributed by atoms with Gasteiger partial charge in [-0.15, -0.1) is 0 Å². The second-order valence-electron chi connectivity index (χ2n) is 8.12. The van der Waals surface area contributed by atoms with Gasteiger partial charge in [0.2, 0.25) is 10.0 Å². The van der Waals surface area contributed by atoms with Crippen LogP contribution in [0.1, 0.15) is 60.3 Å². The number of nitrogens with zero attached hydrogens (tertiary/aromatic N) is 1. The number of aryl methyl sites for hydroxylation is 1.